The number of nitrogens with two attached hydrogens (primary N) is 2. The molecule has 0 atom stereocenters. The molecule has 6 heterocycles. The van der Waals surface area contributed by atoms with E-state index < -0.39 is 182 Å². The molecule has 13 rings (SSSR count). The Bertz CT molecular complexity index is 5940. The van der Waals surface area contributed by atoms with Crippen LogP contribution in [-0.2, 0) is 50.6 Å². The Morgan fingerprint density at radius 1 is 0.340 bits per heavy atom. The Balaban J connectivity index is 0.770. The van der Waals surface area contributed by atoms with Crippen molar-refractivity contribution in [1.82, 2.24) is 29.9 Å². The van der Waals surface area contributed by atoms with Crippen molar-refractivity contribution in [2.24, 2.45) is 20.0 Å². The van der Waals surface area contributed by atoms with Crippen molar-refractivity contribution < 1.29 is 83.8 Å². The van der Waals surface area contributed by atoms with E-state index in [4.69, 9.17) is 100 Å². The second-order valence-corrected chi connectivity index (χ2v) is 28.2. The number of hydrogen-bond acceptors (Lipinski definition) is 30. The van der Waals surface area contributed by atoms with Gasteiger partial charge in [-0.2, -0.15) is 72.0 Å². The van der Waals surface area contributed by atoms with E-state index in [-0.39, 0.29) is 71.4 Å². The first-order chi connectivity index (χ1) is 44.0. The zero-order valence-corrected chi connectivity index (χ0v) is 53.4. The van der Waals surface area contributed by atoms with Crippen molar-refractivity contribution in [3.8, 4) is 46.0 Å². The van der Waals surface area contributed by atoms with Crippen molar-refractivity contribution in [3.63, 3.8) is 0 Å². The van der Waals surface area contributed by atoms with E-state index in [0.29, 0.717) is 0 Å². The maximum Gasteiger partial charge on any atom is 0.300 e. The van der Waals surface area contributed by atoms with Crippen LogP contribution in [0.1, 0.15) is 0 Å². The van der Waals surface area contributed by atoms with Gasteiger partial charge >= 0.3 is 0 Å². The summed E-state index contributed by atoms with van der Waals surface area (Å²) >= 11 is 39.4. The van der Waals surface area contributed by atoms with Crippen LogP contribution in [0.5, 0.6) is 46.0 Å². The topological polar surface area (TPSA) is 536 Å². The van der Waals surface area contributed by atoms with E-state index in [2.05, 4.69) is 71.1 Å². The van der Waals surface area contributed by atoms with Gasteiger partial charge < -0.3 is 51.7 Å². The highest BCUT2D eigenvalue weighted by Crippen LogP contribution is 2.52. The standard InChI is InChI=1S/C48H24Cl6N16O19S5/c49-23-29-37(25(51)27-35(23)86-31-16(58-27)5-2-13(55)39(31)91(74,75)76)88-33-18(60-29)7-9-20(41(33)93(80,81)82)63-47-67-43(53)65-45(69-47)57-12-1-4-15(22(11-12)90(71,72)73)62-46-66-44(54)68-48(70-46)64-21-10-8-19-34(42(21)94(83,84)85)89-38-26(52)28-36(24(50)30(38)61-19)87-32-17(59-28)6-3-14(56)40(32)92(77,78)79/h1-11H,55-56H2,(H,71,72,73)(H,74,75,76)(H,77,78,79)(H,80,81,82)(H,83,84,85)(H2,57,63,65,67,69)(H2,62,64,66,68,70). The number of anilines is 10. The minimum absolute atomic E-state index is 0.178. The normalized spacial score (nSPS) is 13.4. The number of aromatic nitrogens is 6. The highest BCUT2D eigenvalue weighted by molar-refractivity contribution is 7.87. The van der Waals surface area contributed by atoms with E-state index >= 15 is 0 Å². The first kappa shape index (κ1) is 63.8. The van der Waals surface area contributed by atoms with Gasteiger partial charge in [-0.05, 0) is 89.9 Å². The van der Waals surface area contributed by atoms with Crippen molar-refractivity contribution in [2.45, 2.75) is 24.5 Å². The maximum atomic E-state index is 13.2. The van der Waals surface area contributed by atoms with Crippen molar-refractivity contribution in [2.75, 3.05) is 32.7 Å². The van der Waals surface area contributed by atoms with Gasteiger partial charge in [-0.25, -0.2) is 20.0 Å². The SMILES string of the molecule is Nc1ccc2c(c1S(=O)(=O)O)Oc1c(Cl)c3c(c(Cl)c1=N2)Oc1c(ccc(Nc2nc(Cl)nc(Nc4ccc(Nc5nc(Cl)nc(Nc6ccc7c(c6S(=O)(=O)O)Oc6c(Cl)c8c(c(Cl)c6=N7)Oc6c(ccc(N)c6S(=O)(=O)O)N=8)n5)c(S(=O)(=O)O)c4)n2)c1S(=O)(=O)O)N=3. The van der Waals surface area contributed by atoms with E-state index in [0.717, 1.165) is 36.4 Å². The lowest BCUT2D eigenvalue weighted by Gasteiger charge is -2.23. The number of nitrogens with zero attached hydrogens (tertiary/aromatic N) is 10. The minimum atomic E-state index is -5.35. The van der Waals surface area contributed by atoms with Crippen LogP contribution in [0, 0.1) is 0 Å². The van der Waals surface area contributed by atoms with Gasteiger partial charge in [0.2, 0.25) is 34.4 Å². The molecule has 94 heavy (non-hydrogen) atoms. The molecule has 482 valence electrons. The lowest BCUT2D eigenvalue weighted by molar-refractivity contribution is 0.428. The molecule has 0 saturated heterocycles. The largest absolute Gasteiger partial charge is 0.450 e. The van der Waals surface area contributed by atoms with Crippen LogP contribution < -0.4 is 73.1 Å². The van der Waals surface area contributed by atoms with Crippen LogP contribution in [0.3, 0.4) is 0 Å². The molecule has 2 aromatic heterocycles. The van der Waals surface area contributed by atoms with Gasteiger partial charge in [-0.3, -0.25) is 22.8 Å². The minimum Gasteiger partial charge on any atom is -0.450 e. The third-order valence-electron chi connectivity index (χ3n) is 13.2. The molecule has 0 amide bonds. The number of benzene rings is 7. The number of fused-ring (bicyclic) bond motifs is 8. The molecular formula is C48H24Cl6N16O19S5. The van der Waals surface area contributed by atoms with Gasteiger partial charge in [0, 0.05) is 5.69 Å². The Kier molecular flexibility index (Phi) is 15.2. The van der Waals surface area contributed by atoms with Gasteiger partial charge in [0.25, 0.3) is 50.6 Å². The van der Waals surface area contributed by atoms with Crippen molar-refractivity contribution >= 4 is 201 Å². The summed E-state index contributed by atoms with van der Waals surface area (Å²) in [5.74, 6) is -5.95. The second-order valence-electron chi connectivity index (χ2n) is 19.2. The average molecular weight is 1500 g/mol. The Morgan fingerprint density at radius 3 is 0.947 bits per heavy atom. The second kappa shape index (κ2) is 22.4. The first-order valence-electron chi connectivity index (χ1n) is 24.8. The summed E-state index contributed by atoms with van der Waals surface area (Å²) in [4.78, 5) is 37.0. The van der Waals surface area contributed by atoms with Crippen LogP contribution in [0.2, 0.25) is 30.7 Å². The molecule has 0 fully saturated rings. The zero-order chi connectivity index (χ0) is 67.4. The van der Waals surface area contributed by atoms with E-state index in [1.54, 1.807) is 0 Å². The molecule has 13 N–H and O–H groups in total. The molecular weight excluding hydrogens is 1480 g/mol. The van der Waals surface area contributed by atoms with Gasteiger partial charge in [-0.1, -0.05) is 46.4 Å². The number of hydrogen-bond donors (Lipinski definition) is 11. The fraction of sp³-hybridized carbons (Fsp3) is 0. The van der Waals surface area contributed by atoms with Gasteiger partial charge in [0.05, 0.1) is 28.4 Å². The third-order valence-corrected chi connectivity index (χ3v) is 19.5. The Morgan fingerprint density at radius 2 is 0.628 bits per heavy atom. The molecule has 0 radical (unpaired) electrons. The molecule has 9 aromatic rings. The van der Waals surface area contributed by atoms with E-state index in [9.17, 15) is 64.9 Å². The Labute approximate surface area is 552 Å². The number of rotatable bonds is 13. The lowest BCUT2D eigenvalue weighted by Crippen LogP contribution is -2.23. The maximum absolute atomic E-state index is 13.2. The lowest BCUT2D eigenvalue weighted by atomic mass is 10.2. The average Bonchev–Trinajstić information content (AvgIpc) is 0.731. The molecule has 0 bridgehead atoms. The molecule has 7 aromatic carbocycles. The highest BCUT2D eigenvalue weighted by Gasteiger charge is 2.38. The van der Waals surface area contributed by atoms with Crippen LogP contribution in [-0.4, -0.2) is 94.8 Å². The summed E-state index contributed by atoms with van der Waals surface area (Å²) in [6.45, 7) is 0. The molecule has 0 aliphatic carbocycles. The molecule has 4 aliphatic heterocycles. The van der Waals surface area contributed by atoms with Crippen LogP contribution in [0.15, 0.2) is 111 Å². The summed E-state index contributed by atoms with van der Waals surface area (Å²) in [6.07, 6.45) is 0. The fourth-order valence-electron chi connectivity index (χ4n) is 9.47. The monoisotopic (exact) mass is 1500 g/mol. The van der Waals surface area contributed by atoms with E-state index in [1.807, 2.05) is 0 Å². The van der Waals surface area contributed by atoms with Crippen LogP contribution in [0.25, 0.3) is 0 Å². The third kappa shape index (κ3) is 11.3. The zero-order valence-electron chi connectivity index (χ0n) is 44.7. The van der Waals surface area contributed by atoms with Gasteiger partial charge in [-0.15, -0.1) is 0 Å². The first-order valence-corrected chi connectivity index (χ1v) is 34.3. The highest BCUT2D eigenvalue weighted by atomic mass is 35.5. The predicted octanol–water partition coefficient (Wildman–Crippen LogP) is 8.58. The van der Waals surface area contributed by atoms with Crippen LogP contribution >= 0.6 is 69.6 Å². The van der Waals surface area contributed by atoms with Crippen molar-refractivity contribution in [3.05, 3.63) is 119 Å². The molecule has 35 nitrogen and oxygen atoms in total. The molecule has 0 unspecified atom stereocenters. The predicted molar refractivity (Wildman–Crippen MR) is 329 cm³/mol. The number of ether oxygens (including phenoxy) is 4. The summed E-state index contributed by atoms with van der Waals surface area (Å²) in [5, 5.41) is 6.50. The van der Waals surface area contributed by atoms with Crippen LogP contribution in [0.4, 0.5) is 80.7 Å². The summed E-state index contributed by atoms with van der Waals surface area (Å²) in [7, 11) is -25.9. The molecule has 0 saturated carbocycles. The Hall–Kier alpha value is -8.95. The smallest absolute Gasteiger partial charge is 0.300 e. The fourth-order valence-corrected chi connectivity index (χ4v) is 14.5. The number of nitrogen functional groups attached to an aromatic ring is 2. The van der Waals surface area contributed by atoms with Gasteiger partial charge in [0.1, 0.15) is 69.2 Å². The summed E-state index contributed by atoms with van der Waals surface area (Å²) < 4.78 is 203. The van der Waals surface area contributed by atoms with Gasteiger partial charge in [0.15, 0.2) is 65.6 Å². The summed E-state index contributed by atoms with van der Waals surface area (Å²) in [6, 6.07) is 12.4. The molecule has 4 aliphatic rings. The van der Waals surface area contributed by atoms with Crippen molar-refractivity contribution in [1.29, 1.82) is 0 Å². The molecule has 46 heteroatoms. The van der Waals surface area contributed by atoms with E-state index in [1.165, 1.54) is 30.3 Å². The number of nitrogens with one attached hydrogen (secondary N) is 4. The summed E-state index contributed by atoms with van der Waals surface area (Å²) in [5.41, 5.74) is 8.33. The molecule has 0 spiro atoms. The quantitative estimate of drug-likeness (QED) is 0.0380. The number of halogens is 6.